The van der Waals surface area contributed by atoms with Gasteiger partial charge in [0, 0.05) is 57.7 Å². The highest BCUT2D eigenvalue weighted by atomic mass is 16.7. The molecule has 0 aromatic rings. The Kier molecular flexibility index (Phi) is 15.6. The van der Waals surface area contributed by atoms with Crippen molar-refractivity contribution in [2.24, 2.45) is 40.7 Å². The van der Waals surface area contributed by atoms with E-state index in [9.17, 15) is 15.0 Å². The lowest BCUT2D eigenvalue weighted by Crippen LogP contribution is -2.58. The molecule has 4 saturated heterocycles. The number of hydrogen-bond acceptors (Lipinski definition) is 13. The third-order valence-corrected chi connectivity index (χ3v) is 16.6. The number of oxime groups is 1. The van der Waals surface area contributed by atoms with Crippen molar-refractivity contribution < 1.29 is 57.7 Å². The summed E-state index contributed by atoms with van der Waals surface area (Å²) in [6.07, 6.45) is 17.3. The molecule has 2 bridgehead atoms. The molecule has 5 fully saturated rings. The fourth-order valence-electron chi connectivity index (χ4n) is 12.7. The van der Waals surface area contributed by atoms with E-state index < -0.39 is 41.6 Å². The Morgan fingerprint density at radius 3 is 2.36 bits per heavy atom. The van der Waals surface area contributed by atoms with E-state index in [0.717, 1.165) is 43.4 Å². The second-order valence-electron chi connectivity index (χ2n) is 21.1. The molecule has 0 aromatic heterocycles. The van der Waals surface area contributed by atoms with Gasteiger partial charge in [-0.25, -0.2) is 0 Å². The van der Waals surface area contributed by atoms with Gasteiger partial charge in [0.05, 0.1) is 55.0 Å². The summed E-state index contributed by atoms with van der Waals surface area (Å²) in [5.74, 6) is -2.40. The molecule has 6 heterocycles. The summed E-state index contributed by atoms with van der Waals surface area (Å²) in [5.41, 5.74) is 1.53. The van der Waals surface area contributed by atoms with Gasteiger partial charge in [0.25, 0.3) is 0 Å². The van der Waals surface area contributed by atoms with E-state index >= 15 is 0 Å². The van der Waals surface area contributed by atoms with Crippen LogP contribution >= 0.6 is 0 Å². The summed E-state index contributed by atoms with van der Waals surface area (Å²) >= 11 is 0. The molecule has 0 aromatic carbocycles. The molecular formula is C53H79NO12. The largest absolute Gasteiger partial charge is 0.462 e. The Morgan fingerprint density at radius 2 is 1.64 bits per heavy atom. The van der Waals surface area contributed by atoms with Gasteiger partial charge in [0.1, 0.15) is 35.9 Å². The van der Waals surface area contributed by atoms with Crippen molar-refractivity contribution >= 4 is 11.7 Å². The standard InChI is InChI=1S/C53H79NO12/c1-11-29(2)48-32(5)21-22-52(65-48)27-39-24-38(64-52)20-19-31(4)45(30(3)15-14-16-36-28-60-50-47(55)33(6)23-40(51(56)63-39)53(36,50)57)42-25-41(58-9)46(34(7)61-42)43-26-44(59-10)49(35(8)62-43)66-54-37-17-12-13-18-37/h14-16,19,21-23,29-30,32,34-35,38-50,55,57H,11-13,17-18,20,24-28H2,1-10H3/b15-14+,31-19+,36-16+/t29?,30-,32-,34-,35?,38+,39?,40-,41-,42?,43?,44-,45-,46-,47+,48+,49-,50+,52+,53+/m0/s1. The fraction of sp³-hybridized carbons (Fsp3) is 0.774. The monoisotopic (exact) mass is 922 g/mol. The average Bonchev–Trinajstić information content (AvgIpc) is 3.94. The molecule has 66 heavy (non-hydrogen) atoms. The van der Waals surface area contributed by atoms with E-state index in [0.29, 0.717) is 43.3 Å². The van der Waals surface area contributed by atoms with Crippen LogP contribution in [-0.2, 0) is 47.5 Å². The molecule has 1 spiro atoms. The Hall–Kier alpha value is -2.72. The van der Waals surface area contributed by atoms with E-state index in [1.165, 1.54) is 0 Å². The van der Waals surface area contributed by atoms with Gasteiger partial charge in [-0.15, -0.1) is 0 Å². The SMILES string of the molecule is CCC(C)[C@H]1O[C@]2(C=C[C@@H]1C)CC1C[C@@H](C/C=C(\C)[C@@H](C3C[C@H](OC)[C@@H](C4C[C@H](OC)[C@@H](ON=C5CCCC5)C(C)O4)[C@H](C)O3)[C@@H](C)/C=C/C=C3\CO[C@@H]4[C@H](O)C(C)=C[C@@H](C(=O)O1)[C@]34O)O2. The Labute approximate surface area is 393 Å². The van der Waals surface area contributed by atoms with Gasteiger partial charge in [-0.3, -0.25) is 4.79 Å². The first kappa shape index (κ1) is 49.7. The summed E-state index contributed by atoms with van der Waals surface area (Å²) < 4.78 is 52.9. The number of aliphatic hydroxyl groups is 2. The molecule has 8 rings (SSSR count). The molecular weight excluding hydrogens is 843 g/mol. The number of methoxy groups -OCH3 is 2. The maximum Gasteiger partial charge on any atom is 0.316 e. The van der Waals surface area contributed by atoms with E-state index in [1.54, 1.807) is 27.2 Å². The smallest absolute Gasteiger partial charge is 0.316 e. The van der Waals surface area contributed by atoms with Crippen LogP contribution in [-0.4, -0.2) is 127 Å². The van der Waals surface area contributed by atoms with Crippen LogP contribution in [0.3, 0.4) is 0 Å². The summed E-state index contributed by atoms with van der Waals surface area (Å²) in [6, 6.07) is 0. The molecule has 13 heteroatoms. The zero-order chi connectivity index (χ0) is 47.1. The third kappa shape index (κ3) is 9.86. The molecule has 2 N–H and O–H groups in total. The van der Waals surface area contributed by atoms with Crippen LogP contribution < -0.4 is 0 Å². The highest BCUT2D eigenvalue weighted by Gasteiger charge is 2.60. The van der Waals surface area contributed by atoms with Crippen molar-refractivity contribution in [2.75, 3.05) is 20.8 Å². The Morgan fingerprint density at radius 1 is 0.909 bits per heavy atom. The molecule has 20 atom stereocenters. The van der Waals surface area contributed by atoms with Crippen molar-refractivity contribution in [3.05, 3.63) is 59.3 Å². The molecule has 2 aliphatic carbocycles. The van der Waals surface area contributed by atoms with E-state index in [1.807, 2.05) is 25.2 Å². The molecule has 13 nitrogen and oxygen atoms in total. The van der Waals surface area contributed by atoms with Crippen molar-refractivity contribution in [3.8, 4) is 0 Å². The average molecular weight is 922 g/mol. The normalized spacial score (nSPS) is 48.0. The van der Waals surface area contributed by atoms with Crippen LogP contribution in [0.15, 0.2) is 64.4 Å². The molecule has 0 radical (unpaired) electrons. The van der Waals surface area contributed by atoms with Crippen LogP contribution in [0.5, 0.6) is 0 Å². The maximum absolute atomic E-state index is 14.4. The lowest BCUT2D eigenvalue weighted by molar-refractivity contribution is -0.300. The minimum Gasteiger partial charge on any atom is -0.462 e. The van der Waals surface area contributed by atoms with Gasteiger partial charge < -0.3 is 52.9 Å². The Bertz CT molecular complexity index is 1900. The molecule has 6 aliphatic heterocycles. The van der Waals surface area contributed by atoms with Gasteiger partial charge in [-0.1, -0.05) is 81.3 Å². The number of hydrogen-bond donors (Lipinski definition) is 2. The summed E-state index contributed by atoms with van der Waals surface area (Å²) in [6.45, 7) is 16.9. The zero-order valence-corrected chi connectivity index (χ0v) is 41.1. The Balaban J connectivity index is 1.10. The minimum absolute atomic E-state index is 0.0261. The number of ether oxygens (including phenoxy) is 8. The van der Waals surface area contributed by atoms with Crippen LogP contribution in [0.4, 0.5) is 0 Å². The van der Waals surface area contributed by atoms with Gasteiger partial charge in [0.15, 0.2) is 11.9 Å². The van der Waals surface area contributed by atoms with Gasteiger partial charge >= 0.3 is 5.97 Å². The molecule has 5 unspecified atom stereocenters. The number of esters is 1. The van der Waals surface area contributed by atoms with Crippen LogP contribution in [0.1, 0.15) is 120 Å². The lowest BCUT2D eigenvalue weighted by atomic mass is 9.71. The topological polar surface area (TPSA) is 153 Å². The van der Waals surface area contributed by atoms with Crippen LogP contribution in [0.2, 0.25) is 0 Å². The third-order valence-electron chi connectivity index (χ3n) is 16.6. The quantitative estimate of drug-likeness (QED) is 0.138. The van der Waals surface area contributed by atoms with Crippen molar-refractivity contribution in [2.45, 2.75) is 204 Å². The van der Waals surface area contributed by atoms with Crippen LogP contribution in [0, 0.1) is 35.5 Å². The first-order valence-corrected chi connectivity index (χ1v) is 25.2. The lowest BCUT2D eigenvalue weighted by Gasteiger charge is -2.49. The van der Waals surface area contributed by atoms with Crippen LogP contribution in [0.25, 0.3) is 0 Å². The predicted molar refractivity (Wildman–Crippen MR) is 249 cm³/mol. The van der Waals surface area contributed by atoms with Gasteiger partial charge in [-0.2, -0.15) is 0 Å². The van der Waals surface area contributed by atoms with Gasteiger partial charge in [-0.05, 0) is 88.9 Å². The maximum atomic E-state index is 14.4. The predicted octanol–water partition coefficient (Wildman–Crippen LogP) is 7.88. The second kappa shape index (κ2) is 20.7. The number of aliphatic hydroxyl groups excluding tert-OH is 1. The highest BCUT2D eigenvalue weighted by molar-refractivity contribution is 5.85. The van der Waals surface area contributed by atoms with Crippen molar-refractivity contribution in [1.82, 2.24) is 0 Å². The first-order valence-electron chi connectivity index (χ1n) is 25.2. The highest BCUT2D eigenvalue weighted by Crippen LogP contribution is 2.48. The number of fused-ring (bicyclic) bond motifs is 2. The fourth-order valence-corrected chi connectivity index (χ4v) is 12.7. The molecule has 8 aliphatic rings. The number of rotatable bonds is 8. The summed E-state index contributed by atoms with van der Waals surface area (Å²) in [5, 5.41) is 28.5. The minimum atomic E-state index is -1.81. The van der Waals surface area contributed by atoms with E-state index in [-0.39, 0.29) is 91.1 Å². The molecule has 0 amide bonds. The first-order chi connectivity index (χ1) is 31.6. The van der Waals surface area contributed by atoms with Gasteiger partial charge in [0.2, 0.25) is 0 Å². The van der Waals surface area contributed by atoms with E-state index in [2.05, 4.69) is 64.9 Å². The van der Waals surface area contributed by atoms with E-state index in [4.69, 9.17) is 42.7 Å². The number of carbonyl (C=O) groups is 1. The number of allylic oxidation sites excluding steroid dienone is 3. The second-order valence-corrected chi connectivity index (χ2v) is 21.1. The molecule has 1 saturated carbocycles. The summed E-state index contributed by atoms with van der Waals surface area (Å²) in [4.78, 5) is 20.6. The number of nitrogens with zero attached hydrogens (tertiary/aromatic N) is 1. The van der Waals surface area contributed by atoms with Crippen molar-refractivity contribution in [1.29, 1.82) is 0 Å². The van der Waals surface area contributed by atoms with Crippen molar-refractivity contribution in [3.63, 3.8) is 0 Å². The zero-order valence-electron chi connectivity index (χ0n) is 41.1. The molecule has 368 valence electrons. The number of carbonyl (C=O) groups excluding carboxylic acids is 1. The summed E-state index contributed by atoms with van der Waals surface area (Å²) in [7, 11) is 3.52.